The second kappa shape index (κ2) is 3.35. The first kappa shape index (κ1) is 10.0. The van der Waals surface area contributed by atoms with E-state index in [9.17, 15) is 8.42 Å². The third-order valence-electron chi connectivity index (χ3n) is 1.62. The van der Waals surface area contributed by atoms with E-state index in [2.05, 4.69) is 0 Å². The first-order valence-corrected chi connectivity index (χ1v) is 5.15. The lowest BCUT2D eigenvalue weighted by Gasteiger charge is -2.06. The zero-order valence-electron chi connectivity index (χ0n) is 7.40. The van der Waals surface area contributed by atoms with Crippen molar-refractivity contribution in [3.8, 4) is 0 Å². The highest BCUT2D eigenvalue weighted by atomic mass is 32.2. The molecule has 0 amide bonds. The molecule has 0 aliphatic carbocycles. The van der Waals surface area contributed by atoms with E-state index in [1.807, 2.05) is 17.7 Å². The number of aryl methyl sites for hydroxylation is 2. The number of hydrogen-bond donors (Lipinski definition) is 2. The van der Waals surface area contributed by atoms with E-state index < -0.39 is 10.3 Å². The Morgan fingerprint density at radius 1 is 1.31 bits per heavy atom. The Morgan fingerprint density at radius 2 is 1.92 bits per heavy atom. The summed E-state index contributed by atoms with van der Waals surface area (Å²) in [6.07, 6.45) is 0. The highest BCUT2D eigenvalue weighted by Gasteiger charge is 2.05. The van der Waals surface area contributed by atoms with Crippen molar-refractivity contribution in [2.24, 2.45) is 0 Å². The van der Waals surface area contributed by atoms with Crippen LogP contribution in [0.4, 0.5) is 5.69 Å². The van der Waals surface area contributed by atoms with Gasteiger partial charge in [-0.05, 0) is 25.5 Å². The van der Waals surface area contributed by atoms with Gasteiger partial charge in [0.25, 0.3) is 0 Å². The molecule has 1 aromatic carbocycles. The van der Waals surface area contributed by atoms with Crippen LogP contribution in [-0.2, 0) is 10.3 Å². The van der Waals surface area contributed by atoms with E-state index in [1.165, 1.54) is 0 Å². The largest absolute Gasteiger partial charge is 0.357 e. The van der Waals surface area contributed by atoms with Crippen molar-refractivity contribution in [2.45, 2.75) is 13.8 Å². The van der Waals surface area contributed by atoms with E-state index in [-0.39, 0.29) is 0 Å². The minimum atomic E-state index is -4.16. The van der Waals surface area contributed by atoms with Crippen molar-refractivity contribution < 1.29 is 13.0 Å². The van der Waals surface area contributed by atoms with Crippen molar-refractivity contribution in [3.05, 3.63) is 29.3 Å². The molecular weight excluding hydrogens is 190 g/mol. The van der Waals surface area contributed by atoms with Gasteiger partial charge in [-0.2, -0.15) is 8.42 Å². The molecule has 1 rings (SSSR count). The molecule has 5 heteroatoms. The summed E-state index contributed by atoms with van der Waals surface area (Å²) in [7, 11) is -4.16. The van der Waals surface area contributed by atoms with Crippen molar-refractivity contribution in [2.75, 3.05) is 4.72 Å². The molecule has 0 bridgehead atoms. The van der Waals surface area contributed by atoms with Gasteiger partial charge in [-0.25, -0.2) is 0 Å². The molecule has 0 aliphatic rings. The van der Waals surface area contributed by atoms with E-state index in [4.69, 9.17) is 4.55 Å². The molecule has 0 aliphatic heterocycles. The second-order valence-electron chi connectivity index (χ2n) is 2.90. The van der Waals surface area contributed by atoms with Crippen LogP contribution in [-0.4, -0.2) is 13.0 Å². The lowest BCUT2D eigenvalue weighted by Crippen LogP contribution is -2.11. The van der Waals surface area contributed by atoms with Gasteiger partial charge in [-0.3, -0.25) is 9.27 Å². The third kappa shape index (κ3) is 3.04. The maximum atomic E-state index is 10.5. The van der Waals surface area contributed by atoms with Crippen LogP contribution in [0.25, 0.3) is 0 Å². The fourth-order valence-electron chi connectivity index (χ4n) is 1.07. The summed E-state index contributed by atoms with van der Waals surface area (Å²) in [5.74, 6) is 0. The standard InChI is InChI=1S/C8H11NO3S/c1-6-3-4-8(7(2)5-6)9-13(10,11)12/h3-5,9H,1-2H3,(H,10,11,12). The molecular formula is C8H11NO3S. The zero-order valence-corrected chi connectivity index (χ0v) is 8.22. The summed E-state index contributed by atoms with van der Waals surface area (Å²) < 4.78 is 31.5. The van der Waals surface area contributed by atoms with Crippen LogP contribution >= 0.6 is 0 Å². The topological polar surface area (TPSA) is 66.4 Å². The predicted octanol–water partition coefficient (Wildman–Crippen LogP) is 1.52. The number of rotatable bonds is 2. The average Bonchev–Trinajstić information content (AvgIpc) is 1.93. The average molecular weight is 201 g/mol. The van der Waals surface area contributed by atoms with Gasteiger partial charge in [0.15, 0.2) is 0 Å². The SMILES string of the molecule is Cc1ccc(NS(=O)(=O)O)c(C)c1. The summed E-state index contributed by atoms with van der Waals surface area (Å²) >= 11 is 0. The van der Waals surface area contributed by atoms with Gasteiger partial charge in [-0.1, -0.05) is 17.7 Å². The Labute approximate surface area is 77.5 Å². The number of benzene rings is 1. The Morgan fingerprint density at radius 3 is 2.38 bits per heavy atom. The first-order valence-electron chi connectivity index (χ1n) is 3.71. The Hall–Kier alpha value is -1.07. The maximum Gasteiger partial charge on any atom is 0.357 e. The molecule has 0 fully saturated rings. The van der Waals surface area contributed by atoms with Crippen LogP contribution < -0.4 is 4.72 Å². The lowest BCUT2D eigenvalue weighted by atomic mass is 10.1. The molecule has 13 heavy (non-hydrogen) atoms. The van der Waals surface area contributed by atoms with Crippen molar-refractivity contribution >= 4 is 16.0 Å². The van der Waals surface area contributed by atoms with E-state index in [0.717, 1.165) is 11.1 Å². The molecule has 0 heterocycles. The first-order chi connectivity index (χ1) is 5.88. The van der Waals surface area contributed by atoms with Crippen LogP contribution in [0.2, 0.25) is 0 Å². The van der Waals surface area contributed by atoms with Crippen molar-refractivity contribution in [1.82, 2.24) is 0 Å². The van der Waals surface area contributed by atoms with Crippen LogP contribution in [0.1, 0.15) is 11.1 Å². The van der Waals surface area contributed by atoms with Gasteiger partial charge >= 0.3 is 10.3 Å². The van der Waals surface area contributed by atoms with Gasteiger partial charge in [0.05, 0.1) is 5.69 Å². The smallest absolute Gasteiger partial charge is 0.269 e. The van der Waals surface area contributed by atoms with Gasteiger partial charge in [0, 0.05) is 0 Å². The number of hydrogen-bond acceptors (Lipinski definition) is 2. The molecule has 0 radical (unpaired) electrons. The zero-order chi connectivity index (χ0) is 10.1. The summed E-state index contributed by atoms with van der Waals surface area (Å²) in [4.78, 5) is 0. The predicted molar refractivity (Wildman–Crippen MR) is 51.1 cm³/mol. The molecule has 1 aromatic rings. The highest BCUT2D eigenvalue weighted by molar-refractivity contribution is 7.87. The normalized spacial score (nSPS) is 11.3. The quantitative estimate of drug-likeness (QED) is 0.713. The summed E-state index contributed by atoms with van der Waals surface area (Å²) in [5.41, 5.74) is 2.21. The minimum absolute atomic E-state index is 0.396. The van der Waals surface area contributed by atoms with Gasteiger partial charge < -0.3 is 0 Å². The van der Waals surface area contributed by atoms with Gasteiger partial charge in [-0.15, -0.1) is 0 Å². The van der Waals surface area contributed by atoms with Crippen LogP contribution in [0.3, 0.4) is 0 Å². The van der Waals surface area contributed by atoms with E-state index in [1.54, 1.807) is 19.1 Å². The molecule has 0 aromatic heterocycles. The number of anilines is 1. The van der Waals surface area contributed by atoms with Gasteiger partial charge in [0.1, 0.15) is 0 Å². The maximum absolute atomic E-state index is 10.5. The molecule has 4 nitrogen and oxygen atoms in total. The Balaban J connectivity index is 3.04. The summed E-state index contributed by atoms with van der Waals surface area (Å²) in [6.45, 7) is 3.67. The molecule has 0 unspecified atom stereocenters. The fraction of sp³-hybridized carbons (Fsp3) is 0.250. The summed E-state index contributed by atoms with van der Waals surface area (Å²) in [6, 6.07) is 5.20. The van der Waals surface area contributed by atoms with E-state index >= 15 is 0 Å². The minimum Gasteiger partial charge on any atom is -0.269 e. The highest BCUT2D eigenvalue weighted by Crippen LogP contribution is 2.16. The molecule has 0 saturated carbocycles. The summed E-state index contributed by atoms with van der Waals surface area (Å²) in [5, 5.41) is 0. The molecule has 72 valence electrons. The fourth-order valence-corrected chi connectivity index (χ4v) is 1.57. The molecule has 0 spiro atoms. The monoisotopic (exact) mass is 201 g/mol. The lowest BCUT2D eigenvalue weighted by molar-refractivity contribution is 0.489. The Bertz CT molecular complexity index is 411. The van der Waals surface area contributed by atoms with Crippen LogP contribution in [0.15, 0.2) is 18.2 Å². The molecule has 0 saturated heterocycles. The van der Waals surface area contributed by atoms with Crippen molar-refractivity contribution in [1.29, 1.82) is 0 Å². The molecule has 0 atom stereocenters. The van der Waals surface area contributed by atoms with Crippen LogP contribution in [0.5, 0.6) is 0 Å². The second-order valence-corrected chi connectivity index (χ2v) is 4.05. The van der Waals surface area contributed by atoms with Crippen LogP contribution in [0, 0.1) is 13.8 Å². The van der Waals surface area contributed by atoms with Gasteiger partial charge in [0.2, 0.25) is 0 Å². The third-order valence-corrected chi connectivity index (χ3v) is 2.10. The van der Waals surface area contributed by atoms with Crippen molar-refractivity contribution in [3.63, 3.8) is 0 Å². The Kier molecular flexibility index (Phi) is 2.58. The molecule has 2 N–H and O–H groups in total. The van der Waals surface area contributed by atoms with E-state index in [0.29, 0.717) is 5.69 Å². The number of nitrogens with one attached hydrogen (secondary N) is 1.